The summed E-state index contributed by atoms with van der Waals surface area (Å²) in [4.78, 5) is 20.1. The maximum Gasteiger partial charge on any atom is 0.188 e. The highest BCUT2D eigenvalue weighted by Gasteiger charge is 2.17. The van der Waals surface area contributed by atoms with Crippen molar-refractivity contribution < 1.29 is 0 Å². The van der Waals surface area contributed by atoms with Crippen molar-refractivity contribution in [2.24, 2.45) is 0 Å². The fourth-order valence-corrected chi connectivity index (χ4v) is 4.06. The van der Waals surface area contributed by atoms with Gasteiger partial charge in [-0.2, -0.15) is 0 Å². The van der Waals surface area contributed by atoms with Crippen LogP contribution in [-0.2, 0) is 6.54 Å². The first-order valence-corrected chi connectivity index (χ1v) is 10.3. The molecule has 0 aromatic heterocycles. The van der Waals surface area contributed by atoms with E-state index in [2.05, 4.69) is 35.4 Å². The van der Waals surface area contributed by atoms with E-state index >= 15 is 0 Å². The average Bonchev–Trinajstić information content (AvgIpc) is 2.74. The van der Waals surface area contributed by atoms with Crippen LogP contribution in [0.3, 0.4) is 0 Å². The second kappa shape index (κ2) is 8.11. The lowest BCUT2D eigenvalue weighted by Gasteiger charge is -2.21. The van der Waals surface area contributed by atoms with Crippen LogP contribution in [0.5, 0.6) is 0 Å². The molecular weight excluding hydrogens is 346 g/mol. The Labute approximate surface area is 165 Å². The maximum absolute atomic E-state index is 12.7. The smallest absolute Gasteiger partial charge is 0.188 e. The summed E-state index contributed by atoms with van der Waals surface area (Å²) in [5.41, 5.74) is 3.98. The molecule has 2 aromatic carbocycles. The minimum Gasteiger partial charge on any atom is -0.338 e. The molecule has 1 aliphatic heterocycles. The third kappa shape index (κ3) is 3.40. The molecule has 0 atom stereocenters. The Morgan fingerprint density at radius 3 is 2.43 bits per heavy atom. The van der Waals surface area contributed by atoms with E-state index in [0.29, 0.717) is 0 Å². The summed E-state index contributed by atoms with van der Waals surface area (Å²) in [6.45, 7) is 8.61. The van der Waals surface area contributed by atoms with E-state index < -0.39 is 0 Å². The molecular formula is C24H27N3O. The number of nitrogens with zero attached hydrogens (tertiary/aromatic N) is 3. The summed E-state index contributed by atoms with van der Waals surface area (Å²) in [7, 11) is 0. The molecule has 0 unspecified atom stereocenters. The second-order valence-corrected chi connectivity index (χ2v) is 7.27. The molecule has 0 radical (unpaired) electrons. The lowest BCUT2D eigenvalue weighted by Crippen LogP contribution is -2.24. The fraction of sp³-hybridized carbons (Fsp3) is 0.333. The van der Waals surface area contributed by atoms with Crippen LogP contribution in [0, 0.1) is 0 Å². The highest BCUT2D eigenvalue weighted by molar-refractivity contribution is 5.97. The Kier molecular flexibility index (Phi) is 5.40. The van der Waals surface area contributed by atoms with Gasteiger partial charge in [-0.05, 0) is 44.6 Å². The van der Waals surface area contributed by atoms with Gasteiger partial charge in [0.1, 0.15) is 0 Å². The van der Waals surface area contributed by atoms with E-state index in [1.54, 1.807) is 6.07 Å². The highest BCUT2D eigenvalue weighted by atomic mass is 16.1. The predicted molar refractivity (Wildman–Crippen MR) is 117 cm³/mol. The van der Waals surface area contributed by atoms with Crippen LogP contribution in [0.2, 0.25) is 0 Å². The lowest BCUT2D eigenvalue weighted by molar-refractivity contribution is 0.294. The topological polar surface area (TPSA) is 38.1 Å². The molecule has 1 heterocycles. The van der Waals surface area contributed by atoms with E-state index in [1.165, 1.54) is 0 Å². The van der Waals surface area contributed by atoms with Crippen LogP contribution >= 0.6 is 0 Å². The van der Waals surface area contributed by atoms with Crippen molar-refractivity contribution in [3.8, 4) is 11.4 Å². The zero-order chi connectivity index (χ0) is 19.5. The minimum atomic E-state index is 0.0667. The number of unbranched alkanes of at least 4 members (excludes halogenated alkanes) is 1. The Bertz CT molecular complexity index is 1130. The molecule has 0 saturated carbocycles. The Morgan fingerprint density at radius 2 is 1.64 bits per heavy atom. The third-order valence-corrected chi connectivity index (χ3v) is 5.65. The standard InChI is InChI=1S/C24H27N3O/c1-3-26(4-2)15-9-10-16-27-21-14-8-7-13-20(21)25-24-19-12-6-5-11-18(19)23(28)17-22(24)27/h5-8,11-14,17H,3-4,9-10,15-16H2,1-2H3. The van der Waals surface area contributed by atoms with E-state index in [1.807, 2.05) is 36.4 Å². The SMILES string of the molecule is CCN(CC)CCCCn1c2cc(=O)c3ccccc3c-2nc2ccccc21. The maximum atomic E-state index is 12.7. The van der Waals surface area contributed by atoms with Crippen molar-refractivity contribution >= 4 is 21.8 Å². The number of rotatable bonds is 7. The first-order chi connectivity index (χ1) is 13.7. The van der Waals surface area contributed by atoms with Gasteiger partial charge < -0.3 is 9.47 Å². The molecule has 4 nitrogen and oxygen atoms in total. The van der Waals surface area contributed by atoms with Gasteiger partial charge in [-0.15, -0.1) is 0 Å². The first-order valence-electron chi connectivity index (χ1n) is 10.3. The van der Waals surface area contributed by atoms with Crippen LogP contribution < -0.4 is 5.43 Å². The molecule has 0 spiro atoms. The number of hydrogen-bond donors (Lipinski definition) is 0. The van der Waals surface area contributed by atoms with Gasteiger partial charge in [0.2, 0.25) is 0 Å². The monoisotopic (exact) mass is 373 g/mol. The molecule has 0 amide bonds. The summed E-state index contributed by atoms with van der Waals surface area (Å²) in [6.07, 6.45) is 2.22. The van der Waals surface area contributed by atoms with Crippen LogP contribution in [0.1, 0.15) is 26.7 Å². The first kappa shape index (κ1) is 18.6. The van der Waals surface area contributed by atoms with Gasteiger partial charge in [0.05, 0.1) is 22.4 Å². The molecule has 4 rings (SSSR count). The number of benzene rings is 3. The minimum absolute atomic E-state index is 0.0667. The largest absolute Gasteiger partial charge is 0.338 e. The molecule has 0 N–H and O–H groups in total. The zero-order valence-corrected chi connectivity index (χ0v) is 16.7. The van der Waals surface area contributed by atoms with Gasteiger partial charge in [-0.25, -0.2) is 4.98 Å². The lowest BCUT2D eigenvalue weighted by atomic mass is 10.0. The molecule has 2 aromatic rings. The number of aromatic nitrogens is 2. The fourth-order valence-electron chi connectivity index (χ4n) is 4.06. The molecule has 1 aliphatic carbocycles. The molecule has 28 heavy (non-hydrogen) atoms. The van der Waals surface area contributed by atoms with Crippen molar-refractivity contribution in [3.05, 3.63) is 64.8 Å². The normalized spacial score (nSPS) is 11.8. The van der Waals surface area contributed by atoms with E-state index in [0.717, 1.165) is 72.2 Å². The summed E-state index contributed by atoms with van der Waals surface area (Å²) in [5, 5.41) is 1.68. The molecule has 4 heteroatoms. The van der Waals surface area contributed by atoms with Crippen molar-refractivity contribution in [1.82, 2.24) is 14.5 Å². The Balaban J connectivity index is 1.79. The summed E-state index contributed by atoms with van der Waals surface area (Å²) in [5.74, 6) is 0. The van der Waals surface area contributed by atoms with Gasteiger partial charge >= 0.3 is 0 Å². The van der Waals surface area contributed by atoms with Gasteiger partial charge in [0.15, 0.2) is 5.43 Å². The Hall–Kier alpha value is -2.72. The van der Waals surface area contributed by atoms with Crippen LogP contribution in [0.15, 0.2) is 59.4 Å². The van der Waals surface area contributed by atoms with Crippen molar-refractivity contribution in [2.45, 2.75) is 33.2 Å². The van der Waals surface area contributed by atoms with Gasteiger partial charge in [-0.3, -0.25) is 4.79 Å². The summed E-state index contributed by atoms with van der Waals surface area (Å²) in [6, 6.07) is 17.8. The summed E-state index contributed by atoms with van der Waals surface area (Å²) >= 11 is 0. The summed E-state index contributed by atoms with van der Waals surface area (Å²) < 4.78 is 2.29. The van der Waals surface area contributed by atoms with Gasteiger partial charge in [0, 0.05) is 23.4 Å². The van der Waals surface area contributed by atoms with Gasteiger partial charge in [0.25, 0.3) is 0 Å². The van der Waals surface area contributed by atoms with Crippen LogP contribution in [0.4, 0.5) is 0 Å². The Morgan fingerprint density at radius 1 is 0.929 bits per heavy atom. The average molecular weight is 374 g/mol. The van der Waals surface area contributed by atoms with Gasteiger partial charge in [-0.1, -0.05) is 50.2 Å². The van der Waals surface area contributed by atoms with E-state index in [-0.39, 0.29) is 5.43 Å². The molecule has 2 aliphatic rings. The van der Waals surface area contributed by atoms with Crippen molar-refractivity contribution in [2.75, 3.05) is 19.6 Å². The zero-order valence-electron chi connectivity index (χ0n) is 16.7. The van der Waals surface area contributed by atoms with Crippen molar-refractivity contribution in [1.29, 1.82) is 0 Å². The number of hydrogen-bond acceptors (Lipinski definition) is 3. The molecule has 144 valence electrons. The van der Waals surface area contributed by atoms with Crippen molar-refractivity contribution in [3.63, 3.8) is 0 Å². The van der Waals surface area contributed by atoms with Crippen LogP contribution in [0.25, 0.3) is 33.2 Å². The predicted octanol–water partition coefficient (Wildman–Crippen LogP) is 4.78. The molecule has 0 bridgehead atoms. The molecule has 0 saturated heterocycles. The number of para-hydroxylation sites is 2. The van der Waals surface area contributed by atoms with E-state index in [9.17, 15) is 4.79 Å². The van der Waals surface area contributed by atoms with Crippen LogP contribution in [-0.4, -0.2) is 34.1 Å². The second-order valence-electron chi connectivity index (χ2n) is 7.27. The third-order valence-electron chi connectivity index (χ3n) is 5.65. The number of fused-ring (bicyclic) bond motifs is 4. The quantitative estimate of drug-likeness (QED) is 0.266. The number of aryl methyl sites for hydroxylation is 1. The molecule has 0 fully saturated rings. The highest BCUT2D eigenvalue weighted by Crippen LogP contribution is 2.30. The van der Waals surface area contributed by atoms with E-state index in [4.69, 9.17) is 4.98 Å².